The Morgan fingerprint density at radius 2 is 0.963 bits per heavy atom. The van der Waals surface area contributed by atoms with Crippen molar-refractivity contribution in [2.24, 2.45) is 4.36 Å². The summed E-state index contributed by atoms with van der Waals surface area (Å²) in [6.45, 7) is 5.27. The van der Waals surface area contributed by atoms with Gasteiger partial charge in [0.15, 0.2) is 5.79 Å². The Kier molecular flexibility index (Phi) is 37.0. The van der Waals surface area contributed by atoms with Gasteiger partial charge in [-0.15, -0.1) is 4.36 Å². The van der Waals surface area contributed by atoms with Gasteiger partial charge < -0.3 is 9.47 Å². The maximum Gasteiger partial charge on any atom is 0.258 e. The second kappa shape index (κ2) is 39.6. The van der Waals surface area contributed by atoms with Crippen molar-refractivity contribution in [2.75, 3.05) is 6.61 Å². The molecule has 1 amide bonds. The third-order valence-corrected chi connectivity index (χ3v) is 11.0. The van der Waals surface area contributed by atoms with Crippen molar-refractivity contribution in [3.05, 3.63) is 48.6 Å². The lowest BCUT2D eigenvalue weighted by Crippen LogP contribution is -2.31. The van der Waals surface area contributed by atoms with E-state index in [1.54, 1.807) is 0 Å². The zero-order chi connectivity index (χ0) is 38.9. The minimum atomic E-state index is -0.366. The fraction of sp³-hybridized carbons (Fsp3) is 0.812. The molecule has 1 fully saturated rings. The minimum absolute atomic E-state index is 0.0193. The molecule has 54 heavy (non-hydrogen) atoms. The molecule has 1 unspecified atom stereocenters. The third-order valence-electron chi connectivity index (χ3n) is 10.7. The number of unbranched alkanes of at least 4 members (excludes halogenated alkanes) is 23. The summed E-state index contributed by atoms with van der Waals surface area (Å²) in [5, 5.41) is 0. The van der Waals surface area contributed by atoms with Crippen molar-refractivity contribution in [1.29, 1.82) is 0 Å². The van der Waals surface area contributed by atoms with Gasteiger partial charge in [0.1, 0.15) is 0 Å². The van der Waals surface area contributed by atoms with E-state index in [1.165, 1.54) is 161 Å². The molecule has 1 atom stereocenters. The number of allylic oxidation sites excluding steroid dienone is 8. The van der Waals surface area contributed by atoms with E-state index in [1.807, 2.05) is 0 Å². The number of rotatable bonds is 39. The van der Waals surface area contributed by atoms with Crippen molar-refractivity contribution in [2.45, 2.75) is 244 Å². The van der Waals surface area contributed by atoms with Crippen molar-refractivity contribution >= 4 is 17.4 Å². The highest BCUT2D eigenvalue weighted by Crippen LogP contribution is 2.36. The summed E-state index contributed by atoms with van der Waals surface area (Å²) in [5.41, 5.74) is 0. The fourth-order valence-corrected chi connectivity index (χ4v) is 7.53. The SMILES string of the molecule is CCCCC/C=C\C/C=C\CCCCCCCCC1(CCCCCCCC/C=C\C/C=C\CCCCC)OCC(CCCCCCCCC(=O)N=S=O)O1. The molecule has 1 aliphatic heterocycles. The largest absolute Gasteiger partial charge is 0.347 e. The predicted molar refractivity (Wildman–Crippen MR) is 234 cm³/mol. The molecule has 1 aliphatic rings. The van der Waals surface area contributed by atoms with Crippen LogP contribution in [0.25, 0.3) is 0 Å². The predicted octanol–water partition coefficient (Wildman–Crippen LogP) is 15.5. The Labute approximate surface area is 338 Å². The Bertz CT molecular complexity index is 966. The molecule has 0 radical (unpaired) electrons. The summed E-state index contributed by atoms with van der Waals surface area (Å²) in [7, 11) is 0. The lowest BCUT2D eigenvalue weighted by molar-refractivity contribution is -0.180. The molecule has 0 bridgehead atoms. The average Bonchev–Trinajstić information content (AvgIpc) is 3.58. The van der Waals surface area contributed by atoms with Gasteiger partial charge in [-0.3, -0.25) is 4.79 Å². The van der Waals surface area contributed by atoms with Crippen LogP contribution in [0.15, 0.2) is 53.0 Å². The van der Waals surface area contributed by atoms with Gasteiger partial charge in [-0.25, -0.2) is 0 Å². The zero-order valence-corrected chi connectivity index (χ0v) is 36.2. The van der Waals surface area contributed by atoms with Crippen molar-refractivity contribution in [1.82, 2.24) is 0 Å². The molecule has 0 spiro atoms. The van der Waals surface area contributed by atoms with Crippen molar-refractivity contribution < 1.29 is 18.5 Å². The lowest BCUT2D eigenvalue weighted by atomic mass is 9.98. The Balaban J connectivity index is 2.29. The molecule has 0 aromatic rings. The Morgan fingerprint density at radius 1 is 0.556 bits per heavy atom. The molecule has 312 valence electrons. The highest BCUT2D eigenvalue weighted by atomic mass is 32.1. The average molecular weight is 772 g/mol. The van der Waals surface area contributed by atoms with Crippen LogP contribution in [0.5, 0.6) is 0 Å². The molecule has 0 aromatic carbocycles. The van der Waals surface area contributed by atoms with Gasteiger partial charge in [-0.05, 0) is 89.9 Å². The smallest absolute Gasteiger partial charge is 0.258 e. The standard InChI is InChI=1S/C48H85NO4S/c1-3-5-7-9-11-13-15-17-19-21-23-25-27-31-35-39-43-48(44-40-36-32-28-26-24-22-20-18-16-14-12-10-8-6-4-2)52-45-46(53-48)41-37-33-29-30-34-38-42-47(50)49-54-51/h11-14,17-20,46H,3-10,15-16,21-45H2,1-2H3/b13-11-,14-12-,19-17-,20-18-. The van der Waals surface area contributed by atoms with Crippen LogP contribution in [-0.4, -0.2) is 28.6 Å². The van der Waals surface area contributed by atoms with Gasteiger partial charge in [0.2, 0.25) is 11.5 Å². The van der Waals surface area contributed by atoms with Gasteiger partial charge in [-0.1, -0.05) is 172 Å². The first-order valence-corrected chi connectivity index (χ1v) is 23.8. The number of hydrogen-bond acceptors (Lipinski definition) is 4. The van der Waals surface area contributed by atoms with Crippen LogP contribution in [-0.2, 0) is 25.7 Å². The third kappa shape index (κ3) is 32.6. The first-order chi connectivity index (χ1) is 26.7. The van der Waals surface area contributed by atoms with E-state index >= 15 is 0 Å². The molecule has 6 heteroatoms. The molecule has 0 aromatic heterocycles. The zero-order valence-electron chi connectivity index (χ0n) is 35.4. The van der Waals surface area contributed by atoms with E-state index in [0.29, 0.717) is 6.42 Å². The van der Waals surface area contributed by atoms with Gasteiger partial charge in [0, 0.05) is 19.3 Å². The van der Waals surface area contributed by atoms with Crippen LogP contribution in [0.3, 0.4) is 0 Å². The fourth-order valence-electron chi connectivity index (χ4n) is 7.35. The highest BCUT2D eigenvalue weighted by Gasteiger charge is 2.40. The summed E-state index contributed by atoms with van der Waals surface area (Å²) < 4.78 is 27.0. The van der Waals surface area contributed by atoms with Crippen LogP contribution < -0.4 is 0 Å². The van der Waals surface area contributed by atoms with Gasteiger partial charge in [0.25, 0.3) is 5.91 Å². The number of ether oxygens (including phenoxy) is 2. The molecular weight excluding hydrogens is 687 g/mol. The quantitative estimate of drug-likeness (QED) is 0.0461. The Morgan fingerprint density at radius 3 is 1.43 bits per heavy atom. The summed E-state index contributed by atoms with van der Waals surface area (Å²) in [4.78, 5) is 11.4. The summed E-state index contributed by atoms with van der Waals surface area (Å²) in [5.74, 6) is -0.641. The van der Waals surface area contributed by atoms with Crippen LogP contribution in [0, 0.1) is 0 Å². The van der Waals surface area contributed by atoms with E-state index in [4.69, 9.17) is 9.47 Å². The summed E-state index contributed by atoms with van der Waals surface area (Å²) in [6, 6.07) is 0. The molecular formula is C48H85NO4S. The van der Waals surface area contributed by atoms with Gasteiger partial charge in [-0.2, -0.15) is 4.21 Å². The maximum absolute atomic E-state index is 11.4. The topological polar surface area (TPSA) is 65.0 Å². The first kappa shape index (κ1) is 50.4. The normalized spacial score (nSPS) is 15.9. The molecule has 5 nitrogen and oxygen atoms in total. The van der Waals surface area contributed by atoms with Gasteiger partial charge in [0.05, 0.1) is 12.7 Å². The number of amides is 1. The molecule has 0 saturated carbocycles. The van der Waals surface area contributed by atoms with E-state index in [2.05, 4.69) is 66.8 Å². The number of nitrogens with zero attached hydrogens (tertiary/aromatic N) is 1. The second-order valence-electron chi connectivity index (χ2n) is 15.8. The number of carbonyl (C=O) groups excluding carboxylic acids is 1. The van der Waals surface area contributed by atoms with Crippen LogP contribution in [0.4, 0.5) is 0 Å². The first-order valence-electron chi connectivity index (χ1n) is 23.1. The molecule has 0 aliphatic carbocycles. The summed E-state index contributed by atoms with van der Waals surface area (Å²) >= 11 is 0.0193. The molecule has 1 saturated heterocycles. The second-order valence-corrected chi connectivity index (χ2v) is 16.2. The van der Waals surface area contributed by atoms with Crippen molar-refractivity contribution in [3.8, 4) is 0 Å². The van der Waals surface area contributed by atoms with E-state index in [-0.39, 0.29) is 29.3 Å². The number of hydrogen-bond donors (Lipinski definition) is 0. The number of carbonyl (C=O) groups is 1. The lowest BCUT2D eigenvalue weighted by Gasteiger charge is -2.28. The molecule has 1 heterocycles. The molecule has 1 rings (SSSR count). The monoisotopic (exact) mass is 772 g/mol. The Hall–Kier alpha value is -1.63. The van der Waals surface area contributed by atoms with E-state index in [0.717, 1.165) is 58.0 Å². The van der Waals surface area contributed by atoms with Crippen LogP contribution >= 0.6 is 0 Å². The van der Waals surface area contributed by atoms with E-state index < -0.39 is 0 Å². The minimum Gasteiger partial charge on any atom is -0.347 e. The van der Waals surface area contributed by atoms with Gasteiger partial charge >= 0.3 is 0 Å². The van der Waals surface area contributed by atoms with Crippen molar-refractivity contribution in [3.63, 3.8) is 0 Å². The van der Waals surface area contributed by atoms with Crippen LogP contribution in [0.1, 0.15) is 232 Å². The maximum atomic E-state index is 11.4. The summed E-state index contributed by atoms with van der Waals surface area (Å²) in [6.07, 6.45) is 59.6. The molecule has 0 N–H and O–H groups in total. The van der Waals surface area contributed by atoms with Crippen LogP contribution in [0.2, 0.25) is 0 Å². The van der Waals surface area contributed by atoms with E-state index in [9.17, 15) is 9.00 Å². The highest BCUT2D eigenvalue weighted by molar-refractivity contribution is 7.55.